The van der Waals surface area contributed by atoms with Crippen molar-refractivity contribution in [1.29, 1.82) is 0 Å². The highest BCUT2D eigenvalue weighted by atomic mass is 32.1. The quantitative estimate of drug-likeness (QED) is 0.495. The summed E-state index contributed by atoms with van der Waals surface area (Å²) < 4.78 is 11.3. The minimum atomic E-state index is -1.83. The Bertz CT molecular complexity index is 641. The van der Waals surface area contributed by atoms with E-state index >= 15 is 0 Å². The van der Waals surface area contributed by atoms with Crippen LogP contribution in [0, 0.1) is 4.77 Å². The highest BCUT2D eigenvalue weighted by Crippen LogP contribution is 2.29. The summed E-state index contributed by atoms with van der Waals surface area (Å²) in [6.45, 7) is 1.22. The van der Waals surface area contributed by atoms with Crippen LogP contribution < -0.4 is 5.56 Å². The van der Waals surface area contributed by atoms with Crippen molar-refractivity contribution in [3.63, 3.8) is 0 Å². The van der Waals surface area contributed by atoms with Gasteiger partial charge in [0.15, 0.2) is 10.5 Å². The summed E-state index contributed by atoms with van der Waals surface area (Å²) in [6.07, 6.45) is -0.759. The number of carbonyl (C=O) groups excluding carboxylic acids is 1. The zero-order valence-corrected chi connectivity index (χ0v) is 12.1. The fourth-order valence-electron chi connectivity index (χ4n) is 2.05. The highest BCUT2D eigenvalue weighted by molar-refractivity contribution is 7.71. The molecule has 0 amide bonds. The van der Waals surface area contributed by atoms with Gasteiger partial charge < -0.3 is 19.7 Å². The normalized spacial score (nSPS) is 28.5. The van der Waals surface area contributed by atoms with E-state index in [1.54, 1.807) is 6.92 Å². The zero-order valence-electron chi connectivity index (χ0n) is 11.3. The van der Waals surface area contributed by atoms with E-state index in [0.29, 0.717) is 0 Å². The maximum absolute atomic E-state index is 11.1. The van der Waals surface area contributed by atoms with Gasteiger partial charge in [0.1, 0.15) is 18.8 Å². The molecule has 9 heteroatoms. The first-order valence-electron chi connectivity index (χ1n) is 6.38. The van der Waals surface area contributed by atoms with Crippen molar-refractivity contribution < 1.29 is 24.5 Å². The van der Waals surface area contributed by atoms with E-state index in [9.17, 15) is 19.8 Å². The molecule has 3 N–H and O–H groups in total. The van der Waals surface area contributed by atoms with Crippen LogP contribution in [-0.4, -0.2) is 51.2 Å². The van der Waals surface area contributed by atoms with Gasteiger partial charge in [-0.25, -0.2) is 0 Å². The van der Waals surface area contributed by atoms with Crippen molar-refractivity contribution >= 4 is 18.2 Å². The topological polar surface area (TPSA) is 114 Å². The van der Waals surface area contributed by atoms with Gasteiger partial charge in [-0.3, -0.25) is 19.1 Å². The summed E-state index contributed by atoms with van der Waals surface area (Å²) in [6, 6.07) is 1.17. The number of nitrogens with zero attached hydrogens (tertiary/aromatic N) is 1. The molecule has 116 valence electrons. The molecule has 21 heavy (non-hydrogen) atoms. The minimum absolute atomic E-state index is 0.0427. The van der Waals surface area contributed by atoms with Crippen molar-refractivity contribution in [2.45, 2.75) is 31.3 Å². The van der Waals surface area contributed by atoms with Gasteiger partial charge in [-0.05, 0) is 12.2 Å². The number of aliphatic hydroxyl groups excluding tert-OH is 1. The second-order valence-electron chi connectivity index (χ2n) is 4.69. The van der Waals surface area contributed by atoms with Gasteiger partial charge in [-0.2, -0.15) is 0 Å². The molecule has 0 saturated carbocycles. The Morgan fingerprint density at radius 3 is 3.05 bits per heavy atom. The molecular weight excluding hydrogens is 300 g/mol. The average molecular weight is 316 g/mol. The number of esters is 1. The smallest absolute Gasteiger partial charge is 0.305 e. The molecule has 0 aromatic carbocycles. The number of hydrogen-bond acceptors (Lipinski definition) is 7. The predicted molar refractivity (Wildman–Crippen MR) is 73.1 cm³/mol. The van der Waals surface area contributed by atoms with E-state index < -0.39 is 29.5 Å². The van der Waals surface area contributed by atoms with Crippen LogP contribution >= 0.6 is 12.2 Å². The Morgan fingerprint density at radius 2 is 2.43 bits per heavy atom. The van der Waals surface area contributed by atoms with E-state index in [-0.39, 0.29) is 24.4 Å². The number of nitrogens with one attached hydrogen (secondary N) is 1. The molecule has 0 radical (unpaired) electrons. The Balaban J connectivity index is 2.19. The summed E-state index contributed by atoms with van der Waals surface area (Å²) in [7, 11) is 0. The van der Waals surface area contributed by atoms with Crippen LogP contribution in [0.15, 0.2) is 17.1 Å². The maximum atomic E-state index is 11.1. The Labute approximate surface area is 124 Å². The highest BCUT2D eigenvalue weighted by Gasteiger charge is 2.50. The molecule has 0 bridgehead atoms. The predicted octanol–water partition coefficient (Wildman–Crippen LogP) is -0.736. The number of rotatable bonds is 4. The van der Waals surface area contributed by atoms with Crippen LogP contribution in [0.4, 0.5) is 0 Å². The third kappa shape index (κ3) is 3.05. The van der Waals surface area contributed by atoms with Crippen molar-refractivity contribution in [3.8, 4) is 0 Å². The number of aromatic amines is 1. The second kappa shape index (κ2) is 6.06. The van der Waals surface area contributed by atoms with E-state index in [1.807, 2.05) is 0 Å². The van der Waals surface area contributed by atoms with E-state index in [4.69, 9.17) is 21.7 Å². The van der Waals surface area contributed by atoms with Gasteiger partial charge in [0, 0.05) is 18.7 Å². The minimum Gasteiger partial charge on any atom is -0.463 e. The molecule has 1 aliphatic heterocycles. The molecule has 1 fully saturated rings. The standard InChI is InChI=1S/C12H16N2O6S/c1-2-9(16)19-5-7-10(17)12(18,6-20-7)14-4-3-8(15)13-11(14)21/h3-4,7,10,17-18H,2,5-6H2,1H3,(H,13,15,21)/t7-,10-,12-/m1/s1. The Hall–Kier alpha value is -1.55. The number of ether oxygens (including phenoxy) is 2. The molecule has 1 aromatic rings. The number of H-pyrrole nitrogens is 1. The molecule has 0 unspecified atom stereocenters. The molecule has 8 nitrogen and oxygen atoms in total. The van der Waals surface area contributed by atoms with Gasteiger partial charge in [0.25, 0.3) is 5.56 Å². The summed E-state index contributed by atoms with van der Waals surface area (Å²) in [4.78, 5) is 24.6. The lowest BCUT2D eigenvalue weighted by atomic mass is 10.1. The molecule has 1 saturated heterocycles. The van der Waals surface area contributed by atoms with Crippen molar-refractivity contribution in [3.05, 3.63) is 27.4 Å². The van der Waals surface area contributed by atoms with E-state index in [0.717, 1.165) is 4.57 Å². The third-order valence-electron chi connectivity index (χ3n) is 3.27. The monoisotopic (exact) mass is 316 g/mol. The first-order valence-corrected chi connectivity index (χ1v) is 6.79. The number of carbonyl (C=O) groups is 1. The second-order valence-corrected chi connectivity index (χ2v) is 5.08. The molecule has 1 aliphatic rings. The zero-order chi connectivity index (χ0) is 15.6. The van der Waals surface area contributed by atoms with E-state index in [2.05, 4.69) is 4.98 Å². The van der Waals surface area contributed by atoms with Gasteiger partial charge >= 0.3 is 5.97 Å². The Morgan fingerprint density at radius 1 is 1.71 bits per heavy atom. The van der Waals surface area contributed by atoms with Crippen LogP contribution in [0.3, 0.4) is 0 Å². The summed E-state index contributed by atoms with van der Waals surface area (Å²) >= 11 is 4.96. The number of hydrogen-bond donors (Lipinski definition) is 3. The van der Waals surface area contributed by atoms with Gasteiger partial charge in [0.2, 0.25) is 0 Å². The van der Waals surface area contributed by atoms with Gasteiger partial charge in [0.05, 0.1) is 6.61 Å². The SMILES string of the molecule is CCC(=O)OC[C@H]1OC[C@](O)(n2ccc(=O)[nH]c2=S)[C@@H]1O. The molecule has 2 heterocycles. The van der Waals surface area contributed by atoms with Crippen molar-refractivity contribution in [1.82, 2.24) is 9.55 Å². The number of aliphatic hydroxyl groups is 2. The Kier molecular flexibility index (Phi) is 4.57. The fourth-order valence-corrected chi connectivity index (χ4v) is 2.37. The molecule has 1 aromatic heterocycles. The van der Waals surface area contributed by atoms with Gasteiger partial charge in [-0.15, -0.1) is 0 Å². The van der Waals surface area contributed by atoms with Crippen molar-refractivity contribution in [2.24, 2.45) is 0 Å². The summed E-state index contributed by atoms with van der Waals surface area (Å²) in [5, 5.41) is 20.8. The lowest BCUT2D eigenvalue weighted by Crippen LogP contribution is -2.48. The average Bonchev–Trinajstić information content (AvgIpc) is 2.73. The summed E-state index contributed by atoms with van der Waals surface area (Å²) in [5.41, 5.74) is -2.24. The van der Waals surface area contributed by atoms with Crippen LogP contribution in [0.25, 0.3) is 0 Å². The molecule has 3 atom stereocenters. The fraction of sp³-hybridized carbons (Fsp3) is 0.583. The summed E-state index contributed by atoms with van der Waals surface area (Å²) in [5.74, 6) is -0.429. The first-order chi connectivity index (χ1) is 9.88. The van der Waals surface area contributed by atoms with Crippen molar-refractivity contribution in [2.75, 3.05) is 13.2 Å². The van der Waals surface area contributed by atoms with Gasteiger partial charge in [-0.1, -0.05) is 6.92 Å². The van der Waals surface area contributed by atoms with Crippen LogP contribution in [0.5, 0.6) is 0 Å². The van der Waals surface area contributed by atoms with Crippen LogP contribution in [-0.2, 0) is 20.0 Å². The largest absolute Gasteiger partial charge is 0.463 e. The molecular formula is C12H16N2O6S. The lowest BCUT2D eigenvalue weighted by molar-refractivity contribution is -0.149. The third-order valence-corrected chi connectivity index (χ3v) is 3.57. The molecule has 2 rings (SSSR count). The number of aromatic nitrogens is 2. The van der Waals surface area contributed by atoms with E-state index in [1.165, 1.54) is 12.3 Å². The molecule has 0 aliphatic carbocycles. The maximum Gasteiger partial charge on any atom is 0.305 e. The lowest BCUT2D eigenvalue weighted by Gasteiger charge is -2.28. The first kappa shape index (κ1) is 15.8. The molecule has 0 spiro atoms. The van der Waals surface area contributed by atoms with Crippen LogP contribution in [0.1, 0.15) is 13.3 Å². The van der Waals surface area contributed by atoms with Crippen LogP contribution in [0.2, 0.25) is 0 Å².